The highest BCUT2D eigenvalue weighted by Crippen LogP contribution is 2.26. The Morgan fingerprint density at radius 3 is 3.00 bits per heavy atom. The van der Waals surface area contributed by atoms with Gasteiger partial charge in [0.15, 0.2) is 0 Å². The third kappa shape index (κ3) is 1.83. The molecule has 1 aromatic heterocycles. The first-order valence-electron chi connectivity index (χ1n) is 4.62. The fraction of sp³-hybridized carbons (Fsp3) is 0.625. The molecule has 7 nitrogen and oxygen atoms in total. The maximum absolute atomic E-state index is 11.4. The van der Waals surface area contributed by atoms with Gasteiger partial charge in [0, 0.05) is 6.42 Å². The number of ether oxygens (including phenoxy) is 1. The van der Waals surface area contributed by atoms with E-state index in [0.29, 0.717) is 6.42 Å². The molecule has 7 heteroatoms. The maximum atomic E-state index is 11.4. The van der Waals surface area contributed by atoms with E-state index in [-0.39, 0.29) is 12.1 Å². The molecule has 2 heterocycles. The normalized spacial score (nSPS) is 30.7. The Bertz CT molecular complexity index is 409. The molecule has 15 heavy (non-hydrogen) atoms. The number of anilines is 1. The molecular weight excluding hydrogens is 200 g/mol. The summed E-state index contributed by atoms with van der Waals surface area (Å²) >= 11 is 0. The maximum Gasteiger partial charge on any atom is 0.354 e. The molecule has 3 N–H and O–H groups in total. The molecule has 1 saturated heterocycles. The highest BCUT2D eigenvalue weighted by molar-refractivity contribution is 5.09. The molecule has 0 amide bonds. The number of aromatic nitrogens is 3. The first kappa shape index (κ1) is 10.1. The molecule has 0 unspecified atom stereocenters. The minimum Gasteiger partial charge on any atom is -0.390 e. The van der Waals surface area contributed by atoms with E-state index in [4.69, 9.17) is 10.5 Å². The van der Waals surface area contributed by atoms with Crippen LogP contribution in [0.5, 0.6) is 0 Å². The molecule has 0 radical (unpaired) electrons. The summed E-state index contributed by atoms with van der Waals surface area (Å²) in [6.45, 7) is 1.74. The number of hydrogen-bond donors (Lipinski definition) is 2. The lowest BCUT2D eigenvalue weighted by molar-refractivity contribution is -0.0105. The number of aliphatic hydroxyl groups excluding tert-OH is 1. The van der Waals surface area contributed by atoms with Crippen LogP contribution in [0.15, 0.2) is 11.1 Å². The Balaban J connectivity index is 2.28. The van der Waals surface area contributed by atoms with Gasteiger partial charge in [-0.05, 0) is 6.92 Å². The van der Waals surface area contributed by atoms with Crippen LogP contribution in [0, 0.1) is 0 Å². The Labute approximate surface area is 85.5 Å². The lowest BCUT2D eigenvalue weighted by Crippen LogP contribution is -2.28. The quantitative estimate of drug-likeness (QED) is 0.611. The zero-order valence-electron chi connectivity index (χ0n) is 8.20. The van der Waals surface area contributed by atoms with Crippen LogP contribution in [0.2, 0.25) is 0 Å². The van der Waals surface area contributed by atoms with E-state index in [2.05, 4.69) is 9.97 Å². The van der Waals surface area contributed by atoms with Crippen LogP contribution < -0.4 is 11.4 Å². The predicted octanol–water partition coefficient (Wildman–Crippen LogP) is -1.11. The summed E-state index contributed by atoms with van der Waals surface area (Å²) in [7, 11) is 0. The van der Waals surface area contributed by atoms with Crippen molar-refractivity contribution in [1.82, 2.24) is 14.5 Å². The van der Waals surface area contributed by atoms with Gasteiger partial charge in [-0.15, -0.1) is 0 Å². The smallest absolute Gasteiger partial charge is 0.354 e. The molecule has 3 atom stereocenters. The van der Waals surface area contributed by atoms with E-state index in [1.54, 1.807) is 6.92 Å². The van der Waals surface area contributed by atoms with Crippen molar-refractivity contribution in [2.45, 2.75) is 31.8 Å². The van der Waals surface area contributed by atoms with Gasteiger partial charge in [-0.3, -0.25) is 4.57 Å². The van der Waals surface area contributed by atoms with Crippen LogP contribution in [0.1, 0.15) is 19.6 Å². The molecule has 1 aliphatic heterocycles. The summed E-state index contributed by atoms with van der Waals surface area (Å²) in [5, 5.41) is 9.47. The van der Waals surface area contributed by atoms with Crippen LogP contribution in [0.4, 0.5) is 5.95 Å². The molecule has 0 aromatic carbocycles. The Morgan fingerprint density at radius 2 is 2.47 bits per heavy atom. The highest BCUT2D eigenvalue weighted by Gasteiger charge is 2.32. The van der Waals surface area contributed by atoms with E-state index in [9.17, 15) is 9.90 Å². The Hall–Kier alpha value is -1.47. The number of hydrogen-bond acceptors (Lipinski definition) is 6. The molecule has 0 saturated carbocycles. The lowest BCUT2D eigenvalue weighted by Gasteiger charge is -2.12. The van der Waals surface area contributed by atoms with Crippen LogP contribution in [-0.4, -0.2) is 31.8 Å². The molecule has 0 bridgehead atoms. The standard InChI is InChI=1S/C8H12N4O3/c1-4-5(13)2-6(15-4)12-3-10-7(9)11-8(12)14/h3-6,13H,2H2,1H3,(H2,9,11,14)/t4-,5+,6-/m1/s1. The average molecular weight is 212 g/mol. The van der Waals surface area contributed by atoms with Crippen molar-refractivity contribution in [2.24, 2.45) is 0 Å². The van der Waals surface area contributed by atoms with E-state index >= 15 is 0 Å². The van der Waals surface area contributed by atoms with E-state index in [0.717, 1.165) is 0 Å². The van der Waals surface area contributed by atoms with Crippen molar-refractivity contribution in [2.75, 3.05) is 5.73 Å². The van der Waals surface area contributed by atoms with Gasteiger partial charge in [0.2, 0.25) is 5.95 Å². The fourth-order valence-electron chi connectivity index (χ4n) is 1.52. The number of nitrogen functional groups attached to an aromatic ring is 1. The van der Waals surface area contributed by atoms with Gasteiger partial charge < -0.3 is 15.6 Å². The molecule has 82 valence electrons. The molecule has 0 spiro atoms. The van der Waals surface area contributed by atoms with E-state index in [1.807, 2.05) is 0 Å². The number of nitrogens with two attached hydrogens (primary N) is 1. The van der Waals surface area contributed by atoms with Crippen LogP contribution in [0.25, 0.3) is 0 Å². The van der Waals surface area contributed by atoms with Gasteiger partial charge in [0.25, 0.3) is 0 Å². The van der Waals surface area contributed by atoms with Gasteiger partial charge in [-0.2, -0.15) is 4.98 Å². The Kier molecular flexibility index (Phi) is 2.41. The largest absolute Gasteiger partial charge is 0.390 e. The second-order valence-corrected chi connectivity index (χ2v) is 3.50. The molecule has 1 aromatic rings. The van der Waals surface area contributed by atoms with Gasteiger partial charge in [0.05, 0.1) is 12.2 Å². The predicted molar refractivity (Wildman–Crippen MR) is 50.9 cm³/mol. The van der Waals surface area contributed by atoms with Crippen molar-refractivity contribution in [3.63, 3.8) is 0 Å². The first-order valence-corrected chi connectivity index (χ1v) is 4.62. The summed E-state index contributed by atoms with van der Waals surface area (Å²) in [4.78, 5) is 18.6. The summed E-state index contributed by atoms with van der Waals surface area (Å²) < 4.78 is 6.60. The van der Waals surface area contributed by atoms with Gasteiger partial charge in [-0.1, -0.05) is 0 Å². The topological polar surface area (TPSA) is 103 Å². The molecular formula is C8H12N4O3. The average Bonchev–Trinajstić information content (AvgIpc) is 2.46. The fourth-order valence-corrected chi connectivity index (χ4v) is 1.52. The van der Waals surface area contributed by atoms with Crippen LogP contribution in [0.3, 0.4) is 0 Å². The summed E-state index contributed by atoms with van der Waals surface area (Å²) in [6.07, 6.45) is 0.260. The van der Waals surface area contributed by atoms with Gasteiger partial charge in [-0.25, -0.2) is 9.78 Å². The van der Waals surface area contributed by atoms with Crippen LogP contribution in [-0.2, 0) is 4.74 Å². The van der Waals surface area contributed by atoms with Crippen molar-refractivity contribution < 1.29 is 9.84 Å². The van der Waals surface area contributed by atoms with E-state index in [1.165, 1.54) is 10.9 Å². The minimum absolute atomic E-state index is 0.0668. The summed E-state index contributed by atoms with van der Waals surface area (Å²) in [5.41, 5.74) is 4.74. The van der Waals surface area contributed by atoms with Gasteiger partial charge in [0.1, 0.15) is 12.6 Å². The summed E-state index contributed by atoms with van der Waals surface area (Å²) in [5.74, 6) is -0.0668. The second-order valence-electron chi connectivity index (χ2n) is 3.50. The zero-order valence-corrected chi connectivity index (χ0v) is 8.20. The third-order valence-corrected chi connectivity index (χ3v) is 2.41. The SMILES string of the molecule is C[C@H]1O[C@@H](n2cnc(N)nc2=O)C[C@@H]1O. The summed E-state index contributed by atoms with van der Waals surface area (Å²) in [6, 6.07) is 0. The highest BCUT2D eigenvalue weighted by atomic mass is 16.5. The van der Waals surface area contributed by atoms with Crippen molar-refractivity contribution in [3.8, 4) is 0 Å². The van der Waals surface area contributed by atoms with Crippen molar-refractivity contribution in [3.05, 3.63) is 16.8 Å². The number of rotatable bonds is 1. The molecule has 0 aliphatic carbocycles. The first-order chi connectivity index (χ1) is 7.08. The Morgan fingerprint density at radius 1 is 1.73 bits per heavy atom. The molecule has 1 aliphatic rings. The van der Waals surface area contributed by atoms with Gasteiger partial charge >= 0.3 is 5.69 Å². The lowest BCUT2D eigenvalue weighted by atomic mass is 10.2. The van der Waals surface area contributed by atoms with Crippen molar-refractivity contribution in [1.29, 1.82) is 0 Å². The number of aliphatic hydroxyl groups is 1. The minimum atomic E-state index is -0.570. The monoisotopic (exact) mass is 212 g/mol. The van der Waals surface area contributed by atoms with Crippen molar-refractivity contribution >= 4 is 5.95 Å². The molecule has 1 fully saturated rings. The molecule has 2 rings (SSSR count). The second kappa shape index (κ2) is 3.59. The van der Waals surface area contributed by atoms with E-state index < -0.39 is 18.0 Å². The zero-order chi connectivity index (χ0) is 11.0. The van der Waals surface area contributed by atoms with Crippen LogP contribution >= 0.6 is 0 Å². The number of nitrogens with zero attached hydrogens (tertiary/aromatic N) is 3. The third-order valence-electron chi connectivity index (χ3n) is 2.41.